The Morgan fingerprint density at radius 2 is 1.65 bits per heavy atom. The molecule has 0 radical (unpaired) electrons. The fourth-order valence-electron chi connectivity index (χ4n) is 2.94. The zero-order chi connectivity index (χ0) is 15.0. The number of hydrogen-bond acceptors (Lipinski definition) is 2. The van der Waals surface area contributed by atoms with Gasteiger partial charge < -0.3 is 10.0 Å². The van der Waals surface area contributed by atoms with Crippen molar-refractivity contribution in [3.63, 3.8) is 0 Å². The summed E-state index contributed by atoms with van der Waals surface area (Å²) in [6, 6.07) is 0.251. The van der Waals surface area contributed by atoms with Gasteiger partial charge in [-0.1, -0.05) is 46.0 Å². The molecule has 1 saturated carbocycles. The maximum atomic E-state index is 12.4. The molecule has 4 nitrogen and oxygen atoms in total. The highest BCUT2D eigenvalue weighted by Crippen LogP contribution is 2.23. The van der Waals surface area contributed by atoms with Crippen molar-refractivity contribution in [2.45, 2.75) is 77.7 Å². The lowest BCUT2D eigenvalue weighted by Gasteiger charge is -2.33. The minimum atomic E-state index is -0.821. The zero-order valence-corrected chi connectivity index (χ0v) is 12.9. The van der Waals surface area contributed by atoms with Crippen molar-refractivity contribution in [2.24, 2.45) is 5.92 Å². The summed E-state index contributed by atoms with van der Waals surface area (Å²) in [6.45, 7) is 4.43. The van der Waals surface area contributed by atoms with E-state index in [1.807, 2.05) is 18.7 Å². The Kier molecular flexibility index (Phi) is 7.63. The first-order valence-electron chi connectivity index (χ1n) is 8.02. The lowest BCUT2D eigenvalue weighted by Crippen LogP contribution is -2.42. The van der Waals surface area contributed by atoms with Crippen molar-refractivity contribution < 1.29 is 14.7 Å². The lowest BCUT2D eigenvalue weighted by atomic mass is 9.94. The summed E-state index contributed by atoms with van der Waals surface area (Å²) in [6.07, 6.45) is 8.72. The molecule has 0 atom stereocenters. The predicted octanol–water partition coefficient (Wildman–Crippen LogP) is 3.45. The third kappa shape index (κ3) is 6.40. The van der Waals surface area contributed by atoms with Crippen molar-refractivity contribution in [2.75, 3.05) is 6.54 Å². The number of rotatable bonds is 6. The summed E-state index contributed by atoms with van der Waals surface area (Å²) in [7, 11) is 0. The van der Waals surface area contributed by atoms with Crippen LogP contribution in [0.15, 0.2) is 0 Å². The lowest BCUT2D eigenvalue weighted by molar-refractivity contribution is -0.139. The highest BCUT2D eigenvalue weighted by molar-refractivity contribution is 5.77. The highest BCUT2D eigenvalue weighted by atomic mass is 16.4. The van der Waals surface area contributed by atoms with Crippen LogP contribution in [-0.4, -0.2) is 34.5 Å². The highest BCUT2D eigenvalue weighted by Gasteiger charge is 2.24. The molecule has 4 heteroatoms. The molecule has 1 aliphatic carbocycles. The van der Waals surface area contributed by atoms with Crippen molar-refractivity contribution in [3.8, 4) is 0 Å². The van der Waals surface area contributed by atoms with E-state index in [4.69, 9.17) is 5.11 Å². The Morgan fingerprint density at radius 3 is 2.15 bits per heavy atom. The van der Waals surface area contributed by atoms with E-state index in [-0.39, 0.29) is 18.4 Å². The van der Waals surface area contributed by atoms with Crippen molar-refractivity contribution >= 4 is 11.9 Å². The number of carboxylic acid groups (broad SMARTS) is 1. The quantitative estimate of drug-likeness (QED) is 0.812. The molecular formula is C16H29NO3. The largest absolute Gasteiger partial charge is 0.481 e. The van der Waals surface area contributed by atoms with E-state index in [1.165, 1.54) is 19.3 Å². The summed E-state index contributed by atoms with van der Waals surface area (Å²) < 4.78 is 0. The summed E-state index contributed by atoms with van der Waals surface area (Å²) in [5.41, 5.74) is 0. The van der Waals surface area contributed by atoms with E-state index in [0.29, 0.717) is 18.9 Å². The molecule has 1 rings (SSSR count). The van der Waals surface area contributed by atoms with E-state index in [1.54, 1.807) is 0 Å². The molecule has 0 aromatic carbocycles. The van der Waals surface area contributed by atoms with E-state index in [9.17, 15) is 9.59 Å². The van der Waals surface area contributed by atoms with Gasteiger partial charge in [0.2, 0.25) is 5.91 Å². The molecule has 0 heterocycles. The maximum absolute atomic E-state index is 12.4. The average Bonchev–Trinajstić information content (AvgIpc) is 2.29. The van der Waals surface area contributed by atoms with Crippen LogP contribution in [0.4, 0.5) is 0 Å². The Bertz CT molecular complexity index is 307. The SMILES string of the molecule is CC(C)CC(=O)N(CCC(=O)O)C1CCCCCCC1. The summed E-state index contributed by atoms with van der Waals surface area (Å²) in [5.74, 6) is -0.367. The Morgan fingerprint density at radius 1 is 1.10 bits per heavy atom. The summed E-state index contributed by atoms with van der Waals surface area (Å²) in [5, 5.41) is 8.89. The monoisotopic (exact) mass is 283 g/mol. The van der Waals surface area contributed by atoms with Gasteiger partial charge in [-0.25, -0.2) is 0 Å². The van der Waals surface area contributed by atoms with Crippen LogP contribution in [0.25, 0.3) is 0 Å². The minimum absolute atomic E-state index is 0.0559. The molecule has 0 aliphatic heterocycles. The second kappa shape index (κ2) is 8.98. The van der Waals surface area contributed by atoms with Crippen LogP contribution in [0.2, 0.25) is 0 Å². The van der Waals surface area contributed by atoms with E-state index >= 15 is 0 Å². The number of carbonyl (C=O) groups excluding carboxylic acids is 1. The second-order valence-electron chi connectivity index (χ2n) is 6.33. The third-order valence-corrected chi connectivity index (χ3v) is 3.99. The van der Waals surface area contributed by atoms with Gasteiger partial charge in [0.1, 0.15) is 0 Å². The number of hydrogen-bond donors (Lipinski definition) is 1. The van der Waals surface area contributed by atoms with Crippen LogP contribution in [0, 0.1) is 5.92 Å². The molecule has 0 aromatic rings. The van der Waals surface area contributed by atoms with Crippen LogP contribution < -0.4 is 0 Å². The third-order valence-electron chi connectivity index (χ3n) is 3.99. The fraction of sp³-hybridized carbons (Fsp3) is 0.875. The van der Waals surface area contributed by atoms with Crippen molar-refractivity contribution in [3.05, 3.63) is 0 Å². The predicted molar refractivity (Wildman–Crippen MR) is 79.5 cm³/mol. The van der Waals surface area contributed by atoms with Gasteiger partial charge in [-0.3, -0.25) is 9.59 Å². The summed E-state index contributed by atoms with van der Waals surface area (Å²) in [4.78, 5) is 25.1. The molecule has 0 saturated heterocycles. The van der Waals surface area contributed by atoms with E-state index < -0.39 is 5.97 Å². The molecule has 1 amide bonds. The molecular weight excluding hydrogens is 254 g/mol. The number of carboxylic acids is 1. The second-order valence-corrected chi connectivity index (χ2v) is 6.33. The molecule has 1 aliphatic rings. The average molecular weight is 283 g/mol. The standard InChI is InChI=1S/C16H29NO3/c1-13(2)12-15(18)17(11-10-16(19)20)14-8-6-4-3-5-7-9-14/h13-14H,3-12H2,1-2H3,(H,19,20). The summed E-state index contributed by atoms with van der Waals surface area (Å²) >= 11 is 0. The van der Waals surface area contributed by atoms with Crippen molar-refractivity contribution in [1.82, 2.24) is 4.90 Å². The van der Waals surface area contributed by atoms with Gasteiger partial charge in [-0.2, -0.15) is 0 Å². The number of carbonyl (C=O) groups is 2. The Balaban J connectivity index is 2.67. The van der Waals surface area contributed by atoms with Crippen molar-refractivity contribution in [1.29, 1.82) is 0 Å². The molecule has 0 aromatic heterocycles. The first kappa shape index (κ1) is 17.0. The van der Waals surface area contributed by atoms with Gasteiger partial charge in [0.15, 0.2) is 0 Å². The molecule has 0 unspecified atom stereocenters. The molecule has 0 spiro atoms. The van der Waals surface area contributed by atoms with Crippen LogP contribution in [0.3, 0.4) is 0 Å². The molecule has 1 fully saturated rings. The van der Waals surface area contributed by atoms with E-state index in [2.05, 4.69) is 0 Å². The maximum Gasteiger partial charge on any atom is 0.305 e. The van der Waals surface area contributed by atoms with Gasteiger partial charge in [0, 0.05) is 19.0 Å². The molecule has 0 bridgehead atoms. The van der Waals surface area contributed by atoms with Gasteiger partial charge in [-0.05, 0) is 18.8 Å². The number of aliphatic carboxylic acids is 1. The Hall–Kier alpha value is -1.06. The van der Waals surface area contributed by atoms with Crippen LogP contribution in [0.5, 0.6) is 0 Å². The zero-order valence-electron chi connectivity index (χ0n) is 12.9. The fourth-order valence-corrected chi connectivity index (χ4v) is 2.94. The van der Waals surface area contributed by atoms with Crippen LogP contribution >= 0.6 is 0 Å². The molecule has 116 valence electrons. The van der Waals surface area contributed by atoms with Crippen LogP contribution in [0.1, 0.15) is 71.6 Å². The first-order valence-corrected chi connectivity index (χ1v) is 8.02. The molecule has 1 N–H and O–H groups in total. The Labute approximate surface area is 122 Å². The number of amides is 1. The normalized spacial score (nSPS) is 17.6. The smallest absolute Gasteiger partial charge is 0.305 e. The van der Waals surface area contributed by atoms with Gasteiger partial charge in [-0.15, -0.1) is 0 Å². The van der Waals surface area contributed by atoms with Crippen LogP contribution in [-0.2, 0) is 9.59 Å². The first-order chi connectivity index (χ1) is 9.50. The van der Waals surface area contributed by atoms with E-state index in [0.717, 1.165) is 25.7 Å². The molecule has 20 heavy (non-hydrogen) atoms. The van der Waals surface area contributed by atoms with Gasteiger partial charge in [0.25, 0.3) is 0 Å². The topological polar surface area (TPSA) is 57.6 Å². The van der Waals surface area contributed by atoms with Gasteiger partial charge in [0.05, 0.1) is 6.42 Å². The number of nitrogens with zero attached hydrogens (tertiary/aromatic N) is 1. The minimum Gasteiger partial charge on any atom is -0.481 e. The van der Waals surface area contributed by atoms with Gasteiger partial charge >= 0.3 is 5.97 Å².